The highest BCUT2D eigenvalue weighted by molar-refractivity contribution is 9.10. The predicted octanol–water partition coefficient (Wildman–Crippen LogP) is 1.95. The second-order valence-electron chi connectivity index (χ2n) is 4.84. The summed E-state index contributed by atoms with van der Waals surface area (Å²) >= 11 is 3.15. The zero-order chi connectivity index (χ0) is 15.6. The largest absolute Gasteiger partial charge is 0.465 e. The van der Waals surface area contributed by atoms with E-state index in [4.69, 9.17) is 9.47 Å². The number of esters is 1. The third kappa shape index (κ3) is 3.08. The summed E-state index contributed by atoms with van der Waals surface area (Å²) in [4.78, 5) is 36.1. The highest BCUT2D eigenvalue weighted by Gasteiger charge is 2.26. The normalized spacial score (nSPS) is 15.8. The maximum Gasteiger partial charge on any atom is 0.340 e. The van der Waals surface area contributed by atoms with Crippen LogP contribution in [-0.4, -0.2) is 36.6 Å². The van der Waals surface area contributed by atoms with Crippen LogP contribution in [0.4, 0.5) is 0 Å². The van der Waals surface area contributed by atoms with Crippen LogP contribution in [0.1, 0.15) is 46.5 Å². The Morgan fingerprint density at radius 1 is 1.38 bits per heavy atom. The minimum atomic E-state index is -0.637. The van der Waals surface area contributed by atoms with Crippen LogP contribution >= 0.6 is 15.9 Å². The Morgan fingerprint density at radius 3 is 2.52 bits per heavy atom. The molecule has 0 radical (unpaired) electrons. The molecule has 1 saturated heterocycles. The van der Waals surface area contributed by atoms with Crippen molar-refractivity contribution in [2.24, 2.45) is 0 Å². The zero-order valence-corrected chi connectivity index (χ0v) is 13.4. The molecule has 0 N–H and O–H groups in total. The molecular formula is C14H16BrNO5. The van der Waals surface area contributed by atoms with Gasteiger partial charge in [-0.2, -0.15) is 0 Å². The van der Waals surface area contributed by atoms with Gasteiger partial charge >= 0.3 is 5.97 Å². The number of hydrogen-bond donors (Lipinski definition) is 0. The Hall–Kier alpha value is -1.47. The molecule has 0 aromatic carbocycles. The lowest BCUT2D eigenvalue weighted by molar-refractivity contribution is 0.0590. The third-order valence-corrected chi connectivity index (χ3v) is 4.26. The molecular weight excluding hydrogens is 342 g/mol. The van der Waals surface area contributed by atoms with Crippen molar-refractivity contribution < 1.29 is 19.1 Å². The lowest BCUT2D eigenvalue weighted by Gasteiger charge is -2.25. The number of carbonyl (C=O) groups excluding carboxylic acids is 2. The summed E-state index contributed by atoms with van der Waals surface area (Å²) in [7, 11) is 1.24. The van der Waals surface area contributed by atoms with E-state index < -0.39 is 5.97 Å². The summed E-state index contributed by atoms with van der Waals surface area (Å²) in [6.45, 7) is 2.44. The van der Waals surface area contributed by atoms with E-state index >= 15 is 0 Å². The number of nitrogens with zero attached hydrogens (tertiary/aromatic N) is 1. The van der Waals surface area contributed by atoms with E-state index in [-0.39, 0.29) is 33.0 Å². The molecule has 0 bridgehead atoms. The van der Waals surface area contributed by atoms with E-state index in [1.165, 1.54) is 24.8 Å². The van der Waals surface area contributed by atoms with E-state index in [0.29, 0.717) is 26.1 Å². The van der Waals surface area contributed by atoms with Crippen molar-refractivity contribution >= 4 is 27.7 Å². The molecule has 1 aliphatic heterocycles. The number of carbonyl (C=O) groups is 2. The van der Waals surface area contributed by atoms with Crippen molar-refractivity contribution in [2.45, 2.75) is 25.8 Å². The molecule has 114 valence electrons. The third-order valence-electron chi connectivity index (χ3n) is 3.52. The molecule has 0 unspecified atom stereocenters. The van der Waals surface area contributed by atoms with Gasteiger partial charge in [-0.3, -0.25) is 9.59 Å². The highest BCUT2D eigenvalue weighted by atomic mass is 79.9. The van der Waals surface area contributed by atoms with E-state index in [9.17, 15) is 14.4 Å². The number of methoxy groups -OCH3 is 1. The van der Waals surface area contributed by atoms with Crippen LogP contribution < -0.4 is 5.56 Å². The molecule has 2 heterocycles. The molecule has 0 aliphatic carbocycles. The fourth-order valence-electron chi connectivity index (χ4n) is 2.44. The number of aromatic nitrogens is 1. The summed E-state index contributed by atoms with van der Waals surface area (Å²) in [6, 6.07) is -0.0491. The summed E-state index contributed by atoms with van der Waals surface area (Å²) in [5.41, 5.74) is -0.155. The van der Waals surface area contributed by atoms with Crippen molar-refractivity contribution in [1.82, 2.24) is 4.57 Å². The van der Waals surface area contributed by atoms with Gasteiger partial charge in [0.25, 0.3) is 5.56 Å². The number of halogens is 1. The quantitative estimate of drug-likeness (QED) is 0.610. The smallest absolute Gasteiger partial charge is 0.340 e. The molecule has 0 saturated carbocycles. The maximum atomic E-state index is 12.4. The van der Waals surface area contributed by atoms with Gasteiger partial charge in [-0.25, -0.2) is 4.79 Å². The number of Topliss-reactive ketones (excluding diaryl/α,β-unsaturated/α-hetero) is 1. The SMILES string of the molecule is COC(=O)c1cn(C2CCOCC2)c(=O)c(Br)c1C(C)=O. The average molecular weight is 358 g/mol. The molecule has 0 amide bonds. The number of pyridine rings is 1. The van der Waals surface area contributed by atoms with Crippen LogP contribution in [0, 0.1) is 0 Å². The number of hydrogen-bond acceptors (Lipinski definition) is 5. The second kappa shape index (κ2) is 6.53. The molecule has 1 fully saturated rings. The molecule has 2 rings (SSSR count). The Bertz CT molecular complexity index is 631. The van der Waals surface area contributed by atoms with Gasteiger partial charge < -0.3 is 14.0 Å². The zero-order valence-electron chi connectivity index (χ0n) is 11.8. The van der Waals surface area contributed by atoms with Gasteiger partial charge in [0.1, 0.15) is 0 Å². The summed E-state index contributed by atoms with van der Waals surface area (Å²) in [5.74, 6) is -1.000. The maximum absolute atomic E-state index is 12.4. The number of ketones is 1. The van der Waals surface area contributed by atoms with Crippen molar-refractivity contribution in [2.75, 3.05) is 20.3 Å². The summed E-state index contributed by atoms with van der Waals surface area (Å²) in [6.07, 6.45) is 2.80. The Kier molecular flexibility index (Phi) is 4.95. The van der Waals surface area contributed by atoms with Crippen molar-refractivity contribution in [3.8, 4) is 0 Å². The Labute approximate surface area is 130 Å². The van der Waals surface area contributed by atoms with Crippen LogP contribution in [0.3, 0.4) is 0 Å². The van der Waals surface area contributed by atoms with Crippen molar-refractivity contribution in [1.29, 1.82) is 0 Å². The molecule has 1 aromatic rings. The van der Waals surface area contributed by atoms with Gasteiger partial charge in [-0.15, -0.1) is 0 Å². The predicted molar refractivity (Wildman–Crippen MR) is 78.8 cm³/mol. The first-order chi connectivity index (χ1) is 9.97. The van der Waals surface area contributed by atoms with E-state index in [2.05, 4.69) is 15.9 Å². The van der Waals surface area contributed by atoms with Crippen molar-refractivity contribution in [3.63, 3.8) is 0 Å². The van der Waals surface area contributed by atoms with E-state index in [1.807, 2.05) is 0 Å². The number of rotatable bonds is 3. The first-order valence-corrected chi connectivity index (χ1v) is 7.38. The van der Waals surface area contributed by atoms with Gasteiger partial charge in [-0.05, 0) is 35.7 Å². The van der Waals surface area contributed by atoms with Crippen LogP contribution in [-0.2, 0) is 9.47 Å². The van der Waals surface area contributed by atoms with Crippen LogP contribution in [0.2, 0.25) is 0 Å². The lowest BCUT2D eigenvalue weighted by Crippen LogP contribution is -2.32. The van der Waals surface area contributed by atoms with E-state index in [1.54, 1.807) is 0 Å². The number of ether oxygens (including phenoxy) is 2. The van der Waals surface area contributed by atoms with Gasteiger partial charge in [0, 0.05) is 25.5 Å². The van der Waals surface area contributed by atoms with Crippen LogP contribution in [0.5, 0.6) is 0 Å². The fourth-order valence-corrected chi connectivity index (χ4v) is 3.14. The molecule has 6 nitrogen and oxygen atoms in total. The Morgan fingerprint density at radius 2 is 2.00 bits per heavy atom. The van der Waals surface area contributed by atoms with Gasteiger partial charge in [0.15, 0.2) is 5.78 Å². The summed E-state index contributed by atoms with van der Waals surface area (Å²) in [5, 5.41) is 0. The monoisotopic (exact) mass is 357 g/mol. The minimum absolute atomic E-state index is 0.0491. The molecule has 0 atom stereocenters. The van der Waals surface area contributed by atoms with E-state index in [0.717, 1.165) is 0 Å². The minimum Gasteiger partial charge on any atom is -0.465 e. The molecule has 1 aromatic heterocycles. The topological polar surface area (TPSA) is 74.6 Å². The average Bonchev–Trinajstić information content (AvgIpc) is 2.49. The van der Waals surface area contributed by atoms with Crippen LogP contribution in [0.15, 0.2) is 15.5 Å². The summed E-state index contributed by atoms with van der Waals surface area (Å²) < 4.78 is 11.6. The van der Waals surface area contributed by atoms with Gasteiger partial charge in [-0.1, -0.05) is 0 Å². The molecule has 21 heavy (non-hydrogen) atoms. The lowest BCUT2D eigenvalue weighted by atomic mass is 10.0. The van der Waals surface area contributed by atoms with Gasteiger partial charge in [0.05, 0.1) is 22.7 Å². The van der Waals surface area contributed by atoms with Crippen molar-refractivity contribution in [3.05, 3.63) is 32.2 Å². The molecule has 0 spiro atoms. The first kappa shape index (κ1) is 15.9. The highest BCUT2D eigenvalue weighted by Crippen LogP contribution is 2.24. The van der Waals surface area contributed by atoms with Gasteiger partial charge in [0.2, 0.25) is 0 Å². The first-order valence-electron chi connectivity index (χ1n) is 6.59. The standard InChI is InChI=1S/C14H16BrNO5/c1-8(17)11-10(14(19)20-2)7-16(13(18)12(11)15)9-3-5-21-6-4-9/h7,9H,3-6H2,1-2H3. The molecule has 1 aliphatic rings. The molecule has 7 heteroatoms. The van der Waals surface area contributed by atoms with Crippen LogP contribution in [0.25, 0.3) is 0 Å². The Balaban J connectivity index is 2.62. The fraction of sp³-hybridized carbons (Fsp3) is 0.500. The second-order valence-corrected chi connectivity index (χ2v) is 5.63.